The number of rotatable bonds is 7. The van der Waals surface area contributed by atoms with E-state index in [2.05, 4.69) is 12.2 Å². The lowest BCUT2D eigenvalue weighted by atomic mass is 10.1. The van der Waals surface area contributed by atoms with Crippen molar-refractivity contribution in [3.8, 4) is 0 Å². The average molecular weight is 203 g/mol. The van der Waals surface area contributed by atoms with Crippen molar-refractivity contribution in [2.45, 2.75) is 31.9 Å². The van der Waals surface area contributed by atoms with Crippen LogP contribution in [0.2, 0.25) is 0 Å². The second-order valence-electron chi connectivity index (χ2n) is 3.61. The second kappa shape index (κ2) is 7.17. The molecule has 0 aromatic heterocycles. The lowest BCUT2D eigenvalue weighted by molar-refractivity contribution is 0.0885. The molecule has 0 aromatic rings. The normalized spacial score (nSPS) is 27.0. The third kappa shape index (κ3) is 4.37. The molecule has 0 radical (unpaired) electrons. The summed E-state index contributed by atoms with van der Waals surface area (Å²) in [4.78, 5) is 0. The highest BCUT2D eigenvalue weighted by molar-refractivity contribution is 4.78. The van der Waals surface area contributed by atoms with E-state index in [4.69, 9.17) is 14.6 Å². The number of nitrogens with one attached hydrogen (secondary N) is 1. The molecule has 14 heavy (non-hydrogen) atoms. The molecule has 2 N–H and O–H groups in total. The molecule has 4 heteroatoms. The minimum Gasteiger partial charge on any atom is -0.394 e. The van der Waals surface area contributed by atoms with Gasteiger partial charge in [-0.05, 0) is 26.3 Å². The maximum atomic E-state index is 8.47. The van der Waals surface area contributed by atoms with Crippen molar-refractivity contribution in [2.75, 3.05) is 33.0 Å². The maximum Gasteiger partial charge on any atom is 0.0700 e. The summed E-state index contributed by atoms with van der Waals surface area (Å²) in [5.74, 6) is 0. The summed E-state index contributed by atoms with van der Waals surface area (Å²) in [6, 6.07) is 0.507. The molecule has 2 unspecified atom stereocenters. The van der Waals surface area contributed by atoms with Crippen LogP contribution in [0.5, 0.6) is 0 Å². The van der Waals surface area contributed by atoms with Crippen LogP contribution in [0, 0.1) is 0 Å². The Morgan fingerprint density at radius 1 is 1.50 bits per heavy atom. The Balaban J connectivity index is 1.88. The van der Waals surface area contributed by atoms with Gasteiger partial charge in [0.05, 0.1) is 19.3 Å². The molecule has 1 aliphatic rings. The summed E-state index contributed by atoms with van der Waals surface area (Å²) in [6.07, 6.45) is 2.44. The van der Waals surface area contributed by atoms with Gasteiger partial charge in [-0.25, -0.2) is 0 Å². The Labute approximate surface area is 85.6 Å². The Bertz CT molecular complexity index is 143. The molecule has 1 heterocycles. The van der Waals surface area contributed by atoms with Gasteiger partial charge in [0.25, 0.3) is 0 Å². The number of aliphatic hydroxyl groups is 1. The van der Waals surface area contributed by atoms with Crippen LogP contribution in [0.4, 0.5) is 0 Å². The highest BCUT2D eigenvalue weighted by Crippen LogP contribution is 2.11. The van der Waals surface area contributed by atoms with Crippen LogP contribution in [0.25, 0.3) is 0 Å². The van der Waals surface area contributed by atoms with Gasteiger partial charge >= 0.3 is 0 Å². The molecule has 0 bridgehead atoms. The standard InChI is InChI=1S/C10H21NO3/c1-9-10(3-7-14-9)11-4-2-6-13-8-5-12/h9-12H,2-8H2,1H3. The summed E-state index contributed by atoms with van der Waals surface area (Å²) in [5, 5.41) is 11.9. The lowest BCUT2D eigenvalue weighted by Crippen LogP contribution is -2.35. The molecular weight excluding hydrogens is 182 g/mol. The molecule has 1 fully saturated rings. The zero-order valence-electron chi connectivity index (χ0n) is 8.87. The first-order valence-electron chi connectivity index (χ1n) is 5.38. The monoisotopic (exact) mass is 203 g/mol. The third-order valence-electron chi connectivity index (χ3n) is 2.48. The molecular formula is C10H21NO3. The molecule has 0 amide bonds. The van der Waals surface area contributed by atoms with Gasteiger partial charge in [-0.15, -0.1) is 0 Å². The zero-order valence-corrected chi connectivity index (χ0v) is 8.87. The first-order chi connectivity index (χ1) is 6.84. The van der Waals surface area contributed by atoms with Crippen molar-refractivity contribution in [3.05, 3.63) is 0 Å². The van der Waals surface area contributed by atoms with Crippen molar-refractivity contribution < 1.29 is 14.6 Å². The summed E-state index contributed by atoms with van der Waals surface area (Å²) in [5.41, 5.74) is 0. The van der Waals surface area contributed by atoms with E-state index in [0.717, 1.165) is 32.6 Å². The average Bonchev–Trinajstić information content (AvgIpc) is 2.58. The van der Waals surface area contributed by atoms with Gasteiger partial charge in [0.1, 0.15) is 0 Å². The van der Waals surface area contributed by atoms with Gasteiger partial charge in [-0.1, -0.05) is 0 Å². The molecule has 84 valence electrons. The minimum absolute atomic E-state index is 0.112. The first-order valence-corrected chi connectivity index (χ1v) is 5.38. The second-order valence-corrected chi connectivity index (χ2v) is 3.61. The molecule has 1 rings (SSSR count). The summed E-state index contributed by atoms with van der Waals surface area (Å²) >= 11 is 0. The fraction of sp³-hybridized carbons (Fsp3) is 1.00. The van der Waals surface area contributed by atoms with Gasteiger partial charge in [-0.3, -0.25) is 0 Å². The molecule has 4 nitrogen and oxygen atoms in total. The number of aliphatic hydroxyl groups excluding tert-OH is 1. The van der Waals surface area contributed by atoms with Gasteiger partial charge in [0.2, 0.25) is 0 Å². The largest absolute Gasteiger partial charge is 0.394 e. The van der Waals surface area contributed by atoms with Crippen molar-refractivity contribution in [3.63, 3.8) is 0 Å². The summed E-state index contributed by atoms with van der Waals surface area (Å²) < 4.78 is 10.6. The van der Waals surface area contributed by atoms with E-state index in [0.29, 0.717) is 18.8 Å². The smallest absolute Gasteiger partial charge is 0.0700 e. The SMILES string of the molecule is CC1OCCC1NCCCOCCO. The van der Waals surface area contributed by atoms with E-state index in [-0.39, 0.29) is 6.61 Å². The van der Waals surface area contributed by atoms with E-state index in [9.17, 15) is 0 Å². The minimum atomic E-state index is 0.112. The van der Waals surface area contributed by atoms with Gasteiger partial charge in [0, 0.05) is 19.3 Å². The van der Waals surface area contributed by atoms with Gasteiger partial charge < -0.3 is 19.9 Å². The Morgan fingerprint density at radius 2 is 2.36 bits per heavy atom. The lowest BCUT2D eigenvalue weighted by Gasteiger charge is -2.15. The van der Waals surface area contributed by atoms with Gasteiger partial charge in [-0.2, -0.15) is 0 Å². The fourth-order valence-corrected chi connectivity index (χ4v) is 1.63. The Hall–Kier alpha value is -0.160. The van der Waals surface area contributed by atoms with Crippen molar-refractivity contribution >= 4 is 0 Å². The summed E-state index contributed by atoms with van der Waals surface area (Å²) in [7, 11) is 0. The van der Waals surface area contributed by atoms with Crippen LogP contribution in [0.1, 0.15) is 19.8 Å². The van der Waals surface area contributed by atoms with Crippen molar-refractivity contribution in [1.82, 2.24) is 5.32 Å². The number of ether oxygens (including phenoxy) is 2. The molecule has 1 aliphatic heterocycles. The highest BCUT2D eigenvalue weighted by Gasteiger charge is 2.22. The molecule has 0 spiro atoms. The molecule has 0 aromatic carbocycles. The third-order valence-corrected chi connectivity index (χ3v) is 2.48. The topological polar surface area (TPSA) is 50.7 Å². The van der Waals surface area contributed by atoms with Gasteiger partial charge in [0.15, 0.2) is 0 Å². The van der Waals surface area contributed by atoms with Crippen LogP contribution in [0.3, 0.4) is 0 Å². The Kier molecular flexibility index (Phi) is 6.10. The predicted octanol–water partition coefficient (Wildman–Crippen LogP) is 0.152. The van der Waals surface area contributed by atoms with Crippen LogP contribution < -0.4 is 5.32 Å². The van der Waals surface area contributed by atoms with E-state index in [1.165, 1.54) is 0 Å². The zero-order chi connectivity index (χ0) is 10.2. The van der Waals surface area contributed by atoms with Crippen LogP contribution in [-0.2, 0) is 9.47 Å². The maximum absolute atomic E-state index is 8.47. The van der Waals surface area contributed by atoms with Crippen LogP contribution >= 0.6 is 0 Å². The van der Waals surface area contributed by atoms with E-state index >= 15 is 0 Å². The van der Waals surface area contributed by atoms with Crippen molar-refractivity contribution in [2.24, 2.45) is 0 Å². The highest BCUT2D eigenvalue weighted by atomic mass is 16.5. The number of hydrogen-bond acceptors (Lipinski definition) is 4. The Morgan fingerprint density at radius 3 is 3.00 bits per heavy atom. The fourth-order valence-electron chi connectivity index (χ4n) is 1.63. The van der Waals surface area contributed by atoms with E-state index < -0.39 is 0 Å². The number of hydrogen-bond donors (Lipinski definition) is 2. The van der Waals surface area contributed by atoms with E-state index in [1.54, 1.807) is 0 Å². The molecule has 2 atom stereocenters. The summed E-state index contributed by atoms with van der Waals surface area (Å²) in [6.45, 7) is 5.22. The molecule has 1 saturated heterocycles. The molecule has 0 saturated carbocycles. The first kappa shape index (κ1) is 11.9. The van der Waals surface area contributed by atoms with Crippen LogP contribution in [0.15, 0.2) is 0 Å². The van der Waals surface area contributed by atoms with Crippen LogP contribution in [-0.4, -0.2) is 50.2 Å². The molecule has 0 aliphatic carbocycles. The van der Waals surface area contributed by atoms with Crippen molar-refractivity contribution in [1.29, 1.82) is 0 Å². The van der Waals surface area contributed by atoms with E-state index in [1.807, 2.05) is 0 Å². The quantitative estimate of drug-likeness (QED) is 0.578. The predicted molar refractivity (Wildman–Crippen MR) is 54.3 cm³/mol.